The summed E-state index contributed by atoms with van der Waals surface area (Å²) in [5, 5.41) is 6.15. The standard InChI is InChI=1S/C13H16N2O2/c16-9-10-2-1-3-12(6-10)13(17)15-8-11-4-5-14-7-11/h1-3,6,9,11,14H,4-5,7-8H2,(H,15,17). The van der Waals surface area contributed by atoms with Gasteiger partial charge in [-0.1, -0.05) is 12.1 Å². The number of hydrogen-bond donors (Lipinski definition) is 2. The van der Waals surface area contributed by atoms with Crippen molar-refractivity contribution in [3.05, 3.63) is 35.4 Å². The lowest BCUT2D eigenvalue weighted by atomic mass is 10.1. The van der Waals surface area contributed by atoms with Crippen LogP contribution in [0.25, 0.3) is 0 Å². The van der Waals surface area contributed by atoms with E-state index >= 15 is 0 Å². The van der Waals surface area contributed by atoms with Crippen LogP contribution in [0.3, 0.4) is 0 Å². The second kappa shape index (κ2) is 5.59. The highest BCUT2D eigenvalue weighted by molar-refractivity contribution is 5.95. The fourth-order valence-corrected chi connectivity index (χ4v) is 1.98. The Morgan fingerprint density at radius 2 is 2.41 bits per heavy atom. The average Bonchev–Trinajstić information content (AvgIpc) is 2.89. The molecule has 1 aliphatic rings. The van der Waals surface area contributed by atoms with E-state index in [9.17, 15) is 9.59 Å². The Labute approximate surface area is 100 Å². The maximum atomic E-state index is 11.8. The van der Waals surface area contributed by atoms with Gasteiger partial charge in [0.25, 0.3) is 5.91 Å². The molecule has 1 heterocycles. The normalized spacial score (nSPS) is 18.9. The average molecular weight is 232 g/mol. The van der Waals surface area contributed by atoms with E-state index in [1.807, 2.05) is 0 Å². The van der Waals surface area contributed by atoms with Gasteiger partial charge in [0, 0.05) is 17.7 Å². The van der Waals surface area contributed by atoms with Gasteiger partial charge in [-0.3, -0.25) is 9.59 Å². The third-order valence-corrected chi connectivity index (χ3v) is 3.00. The zero-order valence-corrected chi connectivity index (χ0v) is 9.61. The first-order chi connectivity index (χ1) is 8.29. The fraction of sp³-hybridized carbons (Fsp3) is 0.385. The molecule has 1 aliphatic heterocycles. The number of rotatable bonds is 4. The molecule has 4 heteroatoms. The second-order valence-electron chi connectivity index (χ2n) is 4.31. The smallest absolute Gasteiger partial charge is 0.251 e. The molecule has 1 unspecified atom stereocenters. The number of hydrogen-bond acceptors (Lipinski definition) is 3. The summed E-state index contributed by atoms with van der Waals surface area (Å²) in [4.78, 5) is 22.4. The molecule has 2 rings (SSSR count). The number of nitrogens with one attached hydrogen (secondary N) is 2. The molecule has 1 fully saturated rings. The molecule has 2 N–H and O–H groups in total. The van der Waals surface area contributed by atoms with E-state index < -0.39 is 0 Å². The Bertz CT molecular complexity index is 412. The zero-order chi connectivity index (χ0) is 12.1. The molecule has 0 bridgehead atoms. The summed E-state index contributed by atoms with van der Waals surface area (Å²) < 4.78 is 0. The SMILES string of the molecule is O=Cc1cccc(C(=O)NCC2CCNC2)c1. The summed E-state index contributed by atoms with van der Waals surface area (Å²) in [5.41, 5.74) is 1.07. The van der Waals surface area contributed by atoms with Crippen molar-refractivity contribution in [3.63, 3.8) is 0 Å². The molecule has 0 radical (unpaired) electrons. The topological polar surface area (TPSA) is 58.2 Å². The fourth-order valence-electron chi connectivity index (χ4n) is 1.98. The first-order valence-corrected chi connectivity index (χ1v) is 5.84. The molecule has 0 spiro atoms. The summed E-state index contributed by atoms with van der Waals surface area (Å²) in [6, 6.07) is 6.73. The predicted molar refractivity (Wildman–Crippen MR) is 65.1 cm³/mol. The second-order valence-corrected chi connectivity index (χ2v) is 4.31. The maximum absolute atomic E-state index is 11.8. The van der Waals surface area contributed by atoms with Crippen molar-refractivity contribution in [1.29, 1.82) is 0 Å². The highest BCUT2D eigenvalue weighted by Gasteiger charge is 2.15. The molecule has 0 saturated carbocycles. The Morgan fingerprint density at radius 3 is 3.12 bits per heavy atom. The molecule has 1 aromatic carbocycles. The lowest BCUT2D eigenvalue weighted by Crippen LogP contribution is -2.30. The van der Waals surface area contributed by atoms with Crippen molar-refractivity contribution >= 4 is 12.2 Å². The van der Waals surface area contributed by atoms with Gasteiger partial charge in [-0.15, -0.1) is 0 Å². The Morgan fingerprint density at radius 1 is 1.53 bits per heavy atom. The van der Waals surface area contributed by atoms with Gasteiger partial charge in [0.05, 0.1) is 0 Å². The van der Waals surface area contributed by atoms with E-state index in [-0.39, 0.29) is 5.91 Å². The molecular formula is C13H16N2O2. The van der Waals surface area contributed by atoms with Crippen LogP contribution in [-0.4, -0.2) is 31.8 Å². The molecule has 0 aliphatic carbocycles. The molecule has 90 valence electrons. The first-order valence-electron chi connectivity index (χ1n) is 5.84. The highest BCUT2D eigenvalue weighted by Crippen LogP contribution is 2.07. The number of amides is 1. The molecule has 1 atom stereocenters. The van der Waals surface area contributed by atoms with E-state index in [2.05, 4.69) is 10.6 Å². The van der Waals surface area contributed by atoms with Gasteiger partial charge in [-0.05, 0) is 37.6 Å². The van der Waals surface area contributed by atoms with Crippen LogP contribution in [0.4, 0.5) is 0 Å². The van der Waals surface area contributed by atoms with Crippen LogP contribution < -0.4 is 10.6 Å². The van der Waals surface area contributed by atoms with Crippen molar-refractivity contribution in [2.75, 3.05) is 19.6 Å². The maximum Gasteiger partial charge on any atom is 0.251 e. The summed E-state index contributed by atoms with van der Waals surface area (Å²) in [7, 11) is 0. The monoisotopic (exact) mass is 232 g/mol. The first kappa shape index (κ1) is 11.8. The van der Waals surface area contributed by atoms with E-state index in [1.54, 1.807) is 24.3 Å². The third kappa shape index (κ3) is 3.14. The van der Waals surface area contributed by atoms with E-state index in [1.165, 1.54) is 0 Å². The largest absolute Gasteiger partial charge is 0.352 e. The van der Waals surface area contributed by atoms with Crippen molar-refractivity contribution in [2.45, 2.75) is 6.42 Å². The summed E-state index contributed by atoms with van der Waals surface area (Å²) in [6.07, 6.45) is 1.85. The summed E-state index contributed by atoms with van der Waals surface area (Å²) in [6.45, 7) is 2.69. The minimum atomic E-state index is -0.111. The van der Waals surface area contributed by atoms with Gasteiger partial charge >= 0.3 is 0 Å². The number of benzene rings is 1. The van der Waals surface area contributed by atoms with E-state index in [0.717, 1.165) is 25.8 Å². The van der Waals surface area contributed by atoms with Gasteiger partial charge in [-0.2, -0.15) is 0 Å². The minimum Gasteiger partial charge on any atom is -0.352 e. The number of carbonyl (C=O) groups excluding carboxylic acids is 2. The van der Waals surface area contributed by atoms with E-state index in [0.29, 0.717) is 23.6 Å². The quantitative estimate of drug-likeness (QED) is 0.756. The minimum absolute atomic E-state index is 0.111. The number of aldehydes is 1. The lowest BCUT2D eigenvalue weighted by Gasteiger charge is -2.10. The predicted octanol–water partition coefficient (Wildman–Crippen LogP) is 0.838. The Balaban J connectivity index is 1.91. The van der Waals surface area contributed by atoms with Crippen molar-refractivity contribution < 1.29 is 9.59 Å². The summed E-state index contributed by atoms with van der Waals surface area (Å²) >= 11 is 0. The molecule has 1 saturated heterocycles. The highest BCUT2D eigenvalue weighted by atomic mass is 16.1. The van der Waals surface area contributed by atoms with Crippen LogP contribution in [0.5, 0.6) is 0 Å². The van der Waals surface area contributed by atoms with Crippen LogP contribution in [0.2, 0.25) is 0 Å². The zero-order valence-electron chi connectivity index (χ0n) is 9.61. The van der Waals surface area contributed by atoms with Gasteiger partial charge in [0.2, 0.25) is 0 Å². The molecule has 4 nitrogen and oxygen atoms in total. The van der Waals surface area contributed by atoms with E-state index in [4.69, 9.17) is 0 Å². The van der Waals surface area contributed by atoms with Crippen LogP contribution in [0.15, 0.2) is 24.3 Å². The van der Waals surface area contributed by atoms with Gasteiger partial charge < -0.3 is 10.6 Å². The molecule has 17 heavy (non-hydrogen) atoms. The van der Waals surface area contributed by atoms with Crippen LogP contribution in [0, 0.1) is 5.92 Å². The van der Waals surface area contributed by atoms with Crippen LogP contribution in [-0.2, 0) is 0 Å². The van der Waals surface area contributed by atoms with Crippen molar-refractivity contribution in [2.24, 2.45) is 5.92 Å². The summed E-state index contributed by atoms with van der Waals surface area (Å²) in [5.74, 6) is 0.411. The Kier molecular flexibility index (Phi) is 3.88. The van der Waals surface area contributed by atoms with Crippen LogP contribution >= 0.6 is 0 Å². The Hall–Kier alpha value is -1.68. The molecule has 1 aromatic rings. The van der Waals surface area contributed by atoms with Crippen LogP contribution in [0.1, 0.15) is 27.1 Å². The van der Waals surface area contributed by atoms with Gasteiger partial charge in [0.15, 0.2) is 0 Å². The van der Waals surface area contributed by atoms with Gasteiger partial charge in [-0.25, -0.2) is 0 Å². The number of carbonyl (C=O) groups is 2. The molecule has 0 aromatic heterocycles. The van der Waals surface area contributed by atoms with Crippen molar-refractivity contribution in [3.8, 4) is 0 Å². The van der Waals surface area contributed by atoms with Crippen molar-refractivity contribution in [1.82, 2.24) is 10.6 Å². The van der Waals surface area contributed by atoms with Gasteiger partial charge in [0.1, 0.15) is 6.29 Å². The lowest BCUT2D eigenvalue weighted by molar-refractivity contribution is 0.0948. The molecule has 1 amide bonds. The third-order valence-electron chi connectivity index (χ3n) is 3.00. The molecular weight excluding hydrogens is 216 g/mol.